The zero-order chi connectivity index (χ0) is 29.3. The smallest absolute Gasteiger partial charge is 0.254 e. The van der Waals surface area contributed by atoms with Gasteiger partial charge >= 0.3 is 0 Å². The largest absolute Gasteiger partial charge is 0.385 e. The summed E-state index contributed by atoms with van der Waals surface area (Å²) in [5, 5.41) is 2.10. The zero-order valence-electron chi connectivity index (χ0n) is 24.4. The number of nitrogens with zero attached hydrogens (tertiary/aromatic N) is 3. The van der Waals surface area contributed by atoms with Crippen molar-refractivity contribution in [3.05, 3.63) is 106 Å². The predicted molar refractivity (Wildman–Crippen MR) is 171 cm³/mol. The molecular formula is C35H40BrN3O3. The van der Waals surface area contributed by atoms with Crippen molar-refractivity contribution in [2.75, 3.05) is 26.8 Å². The lowest BCUT2D eigenvalue weighted by Gasteiger charge is -2.36. The highest BCUT2D eigenvalue weighted by Crippen LogP contribution is 2.26. The third kappa shape index (κ3) is 7.69. The van der Waals surface area contributed by atoms with E-state index in [9.17, 15) is 9.59 Å². The Labute approximate surface area is 257 Å². The molecule has 220 valence electrons. The molecule has 0 spiro atoms. The Morgan fingerprint density at radius 1 is 0.929 bits per heavy atom. The standard InChI is InChI=1S/C35H40BrN3O3/c1-42-22-8-21-38(35(41)30-17-16-28-9-5-6-10-29(28)23-30)26-34(40)39(32-11-3-2-4-12-32)25-33-13-7-20-37(33)24-27-14-18-31(36)19-15-27/h5-7,9-10,13-20,23,32H,2-4,8,11-12,21-22,24-26H2,1H3. The quantitative estimate of drug-likeness (QED) is 0.155. The molecular weight excluding hydrogens is 590 g/mol. The van der Waals surface area contributed by atoms with Crippen LogP contribution in [0.15, 0.2) is 89.5 Å². The number of aromatic nitrogens is 1. The number of rotatable bonds is 12. The van der Waals surface area contributed by atoms with E-state index in [1.165, 1.54) is 12.0 Å². The SMILES string of the molecule is COCCCN(CC(=O)N(Cc1cccn1Cc1ccc(Br)cc1)C1CCCCC1)C(=O)c1ccc2ccccc2c1. The van der Waals surface area contributed by atoms with E-state index < -0.39 is 0 Å². The first-order valence-electron chi connectivity index (χ1n) is 15.0. The van der Waals surface area contributed by atoms with Gasteiger partial charge in [-0.2, -0.15) is 0 Å². The Kier molecular flexibility index (Phi) is 10.5. The maximum absolute atomic E-state index is 14.2. The van der Waals surface area contributed by atoms with Crippen LogP contribution < -0.4 is 0 Å². The normalized spacial score (nSPS) is 13.8. The number of carbonyl (C=O) groups excluding carboxylic acids is 2. The third-order valence-electron chi connectivity index (χ3n) is 8.24. The molecule has 1 heterocycles. The molecule has 1 saturated carbocycles. The summed E-state index contributed by atoms with van der Waals surface area (Å²) in [6.45, 7) is 2.32. The molecule has 0 atom stereocenters. The summed E-state index contributed by atoms with van der Waals surface area (Å²) >= 11 is 3.52. The third-order valence-corrected chi connectivity index (χ3v) is 8.77. The summed E-state index contributed by atoms with van der Waals surface area (Å²) in [6, 6.07) is 26.5. The summed E-state index contributed by atoms with van der Waals surface area (Å²) in [7, 11) is 1.66. The molecule has 4 aromatic rings. The van der Waals surface area contributed by atoms with E-state index >= 15 is 0 Å². The van der Waals surface area contributed by atoms with Crippen molar-refractivity contribution >= 4 is 38.5 Å². The number of halogens is 1. The fraction of sp³-hybridized carbons (Fsp3) is 0.371. The van der Waals surface area contributed by atoms with Gasteiger partial charge in [-0.3, -0.25) is 9.59 Å². The number of amides is 2. The van der Waals surface area contributed by atoms with Gasteiger partial charge in [0.05, 0.1) is 6.54 Å². The monoisotopic (exact) mass is 629 g/mol. The highest BCUT2D eigenvalue weighted by Gasteiger charge is 2.29. The molecule has 0 saturated heterocycles. The van der Waals surface area contributed by atoms with Gasteiger partial charge in [-0.05, 0) is 72.0 Å². The minimum Gasteiger partial charge on any atom is -0.385 e. The van der Waals surface area contributed by atoms with Crippen LogP contribution in [0.4, 0.5) is 0 Å². The van der Waals surface area contributed by atoms with E-state index in [1.807, 2.05) is 47.4 Å². The Morgan fingerprint density at radius 3 is 2.45 bits per heavy atom. The van der Waals surface area contributed by atoms with Gasteiger partial charge in [0.2, 0.25) is 5.91 Å². The van der Waals surface area contributed by atoms with Gasteiger partial charge in [0.15, 0.2) is 0 Å². The summed E-state index contributed by atoms with van der Waals surface area (Å²) < 4.78 is 8.56. The van der Waals surface area contributed by atoms with Crippen molar-refractivity contribution in [1.29, 1.82) is 0 Å². The van der Waals surface area contributed by atoms with E-state index in [1.54, 1.807) is 12.0 Å². The van der Waals surface area contributed by atoms with Crippen LogP contribution in [0.5, 0.6) is 0 Å². The lowest BCUT2D eigenvalue weighted by atomic mass is 9.94. The minimum atomic E-state index is -0.118. The van der Waals surface area contributed by atoms with E-state index in [4.69, 9.17) is 4.74 Å². The van der Waals surface area contributed by atoms with Gasteiger partial charge in [-0.15, -0.1) is 0 Å². The van der Waals surface area contributed by atoms with Crippen molar-refractivity contribution in [1.82, 2.24) is 14.4 Å². The highest BCUT2D eigenvalue weighted by atomic mass is 79.9. The van der Waals surface area contributed by atoms with Gasteiger partial charge in [0.25, 0.3) is 5.91 Å². The lowest BCUT2D eigenvalue weighted by Crippen LogP contribution is -2.48. The fourth-order valence-corrected chi connectivity index (χ4v) is 6.20. The molecule has 0 radical (unpaired) electrons. The average Bonchev–Trinajstić information content (AvgIpc) is 3.46. The van der Waals surface area contributed by atoms with Crippen molar-refractivity contribution in [3.63, 3.8) is 0 Å². The number of benzene rings is 3. The summed E-state index contributed by atoms with van der Waals surface area (Å²) in [4.78, 5) is 31.7. The van der Waals surface area contributed by atoms with Crippen molar-refractivity contribution < 1.29 is 14.3 Å². The van der Waals surface area contributed by atoms with E-state index in [2.05, 4.69) is 63.1 Å². The maximum atomic E-state index is 14.2. The predicted octanol–water partition coefficient (Wildman–Crippen LogP) is 7.29. The second-order valence-corrected chi connectivity index (χ2v) is 12.1. The highest BCUT2D eigenvalue weighted by molar-refractivity contribution is 9.10. The van der Waals surface area contributed by atoms with Gasteiger partial charge < -0.3 is 19.1 Å². The Morgan fingerprint density at radius 2 is 1.69 bits per heavy atom. The Bertz CT molecular complexity index is 1480. The lowest BCUT2D eigenvalue weighted by molar-refractivity contribution is -0.135. The number of fused-ring (bicyclic) bond motifs is 1. The number of hydrogen-bond acceptors (Lipinski definition) is 3. The van der Waals surface area contributed by atoms with Crippen molar-refractivity contribution in [3.8, 4) is 0 Å². The molecule has 0 N–H and O–H groups in total. The molecule has 7 heteroatoms. The van der Waals surface area contributed by atoms with Crippen LogP contribution in [-0.4, -0.2) is 59.0 Å². The van der Waals surface area contributed by atoms with Crippen LogP contribution in [-0.2, 0) is 22.6 Å². The minimum absolute atomic E-state index is 0.00449. The van der Waals surface area contributed by atoms with Gasteiger partial charge in [0, 0.05) is 54.8 Å². The molecule has 0 unspecified atom stereocenters. The maximum Gasteiger partial charge on any atom is 0.254 e. The van der Waals surface area contributed by atoms with Crippen LogP contribution >= 0.6 is 15.9 Å². The van der Waals surface area contributed by atoms with Crippen LogP contribution in [0.3, 0.4) is 0 Å². The van der Waals surface area contributed by atoms with E-state index in [-0.39, 0.29) is 24.4 Å². The van der Waals surface area contributed by atoms with Crippen molar-refractivity contribution in [2.45, 2.75) is 57.7 Å². The zero-order valence-corrected chi connectivity index (χ0v) is 26.0. The number of methoxy groups -OCH3 is 1. The molecule has 1 aliphatic carbocycles. The molecule has 1 aliphatic rings. The molecule has 5 rings (SSSR count). The summed E-state index contributed by atoms with van der Waals surface area (Å²) in [6.07, 6.45) is 8.22. The van der Waals surface area contributed by atoms with Gasteiger partial charge in [0.1, 0.15) is 6.54 Å². The van der Waals surface area contributed by atoms with E-state index in [0.717, 1.165) is 53.2 Å². The second-order valence-electron chi connectivity index (χ2n) is 11.2. The molecule has 42 heavy (non-hydrogen) atoms. The Balaban J connectivity index is 1.37. The van der Waals surface area contributed by atoms with Crippen LogP contribution in [0.25, 0.3) is 10.8 Å². The molecule has 1 aromatic heterocycles. The van der Waals surface area contributed by atoms with E-state index in [0.29, 0.717) is 31.7 Å². The second kappa shape index (κ2) is 14.7. The molecule has 1 fully saturated rings. The van der Waals surface area contributed by atoms with Gasteiger partial charge in [-0.1, -0.05) is 77.7 Å². The summed E-state index contributed by atoms with van der Waals surface area (Å²) in [5.74, 6) is -0.114. The van der Waals surface area contributed by atoms with Crippen LogP contribution in [0.1, 0.15) is 60.1 Å². The average molecular weight is 631 g/mol. The fourth-order valence-electron chi connectivity index (χ4n) is 5.93. The number of ether oxygens (including phenoxy) is 1. The molecule has 2 amide bonds. The van der Waals surface area contributed by atoms with Crippen molar-refractivity contribution in [2.24, 2.45) is 0 Å². The number of carbonyl (C=O) groups is 2. The van der Waals surface area contributed by atoms with Crippen LogP contribution in [0.2, 0.25) is 0 Å². The first kappa shape index (κ1) is 30.1. The van der Waals surface area contributed by atoms with Gasteiger partial charge in [-0.25, -0.2) is 0 Å². The van der Waals surface area contributed by atoms with Crippen LogP contribution in [0, 0.1) is 0 Å². The molecule has 6 nitrogen and oxygen atoms in total. The summed E-state index contributed by atoms with van der Waals surface area (Å²) in [5.41, 5.74) is 2.91. The molecule has 0 bridgehead atoms. The first-order chi connectivity index (χ1) is 20.5. The first-order valence-corrected chi connectivity index (χ1v) is 15.8. The topological polar surface area (TPSA) is 54.8 Å². The Hall–Kier alpha value is -3.42. The molecule has 0 aliphatic heterocycles. The number of hydrogen-bond donors (Lipinski definition) is 0. The molecule has 3 aromatic carbocycles.